The van der Waals surface area contributed by atoms with Gasteiger partial charge in [0.1, 0.15) is 0 Å². The van der Waals surface area contributed by atoms with Gasteiger partial charge in [0, 0.05) is 6.04 Å². The number of piperidine rings is 1. The molecule has 1 nitrogen and oxygen atoms in total. The highest BCUT2D eigenvalue weighted by atomic mass is 14.9. The van der Waals surface area contributed by atoms with Crippen molar-refractivity contribution in [1.29, 1.82) is 0 Å². The summed E-state index contributed by atoms with van der Waals surface area (Å²) < 4.78 is 0. The van der Waals surface area contributed by atoms with Gasteiger partial charge in [-0.15, -0.1) is 0 Å². The Morgan fingerprint density at radius 3 is 3.13 bits per heavy atom. The minimum atomic E-state index is 0.656. The summed E-state index contributed by atoms with van der Waals surface area (Å²) in [5.74, 6) is 0.897. The second-order valence-electron chi connectivity index (χ2n) is 5.08. The zero-order valence-corrected chi connectivity index (χ0v) is 9.42. The van der Waals surface area contributed by atoms with Crippen LogP contribution in [0.4, 0.5) is 0 Å². The minimum Gasteiger partial charge on any atom is -0.310 e. The van der Waals surface area contributed by atoms with Crippen molar-refractivity contribution in [3.8, 4) is 0 Å². The van der Waals surface area contributed by atoms with E-state index in [0.29, 0.717) is 6.04 Å². The fourth-order valence-electron chi connectivity index (χ4n) is 3.23. The van der Waals surface area contributed by atoms with Crippen molar-refractivity contribution in [2.75, 3.05) is 6.54 Å². The SMILES string of the molecule is Cc1ccc2c(c1)CCC1CCCNC21. The summed E-state index contributed by atoms with van der Waals surface area (Å²) in [4.78, 5) is 0. The molecule has 1 aromatic carbocycles. The molecule has 3 rings (SSSR count). The second-order valence-corrected chi connectivity index (χ2v) is 5.08. The first-order valence-corrected chi connectivity index (χ1v) is 6.17. The third kappa shape index (κ3) is 1.59. The Kier molecular flexibility index (Phi) is 2.28. The molecule has 1 heteroatoms. The lowest BCUT2D eigenvalue weighted by atomic mass is 9.75. The van der Waals surface area contributed by atoms with E-state index >= 15 is 0 Å². The predicted octanol–water partition coefficient (Wildman–Crippen LogP) is 2.98. The Morgan fingerprint density at radius 1 is 1.27 bits per heavy atom. The lowest BCUT2D eigenvalue weighted by Crippen LogP contribution is -2.37. The third-order valence-electron chi connectivity index (χ3n) is 4.01. The first-order chi connectivity index (χ1) is 7.34. The van der Waals surface area contributed by atoms with E-state index < -0.39 is 0 Å². The largest absolute Gasteiger partial charge is 0.310 e. The van der Waals surface area contributed by atoms with Crippen LogP contribution in [0.25, 0.3) is 0 Å². The Hall–Kier alpha value is -0.820. The molecule has 0 saturated carbocycles. The van der Waals surface area contributed by atoms with Crippen molar-refractivity contribution >= 4 is 0 Å². The predicted molar refractivity (Wildman–Crippen MR) is 63.0 cm³/mol. The molecule has 15 heavy (non-hydrogen) atoms. The molecule has 1 aliphatic heterocycles. The smallest absolute Gasteiger partial charge is 0.0351 e. The Labute approximate surface area is 91.9 Å². The summed E-state index contributed by atoms with van der Waals surface area (Å²) in [6.07, 6.45) is 5.46. The molecular weight excluding hydrogens is 182 g/mol. The van der Waals surface area contributed by atoms with Gasteiger partial charge >= 0.3 is 0 Å². The van der Waals surface area contributed by atoms with Gasteiger partial charge in [-0.2, -0.15) is 0 Å². The maximum atomic E-state index is 3.70. The van der Waals surface area contributed by atoms with Crippen LogP contribution in [-0.2, 0) is 6.42 Å². The van der Waals surface area contributed by atoms with E-state index in [9.17, 15) is 0 Å². The van der Waals surface area contributed by atoms with Crippen LogP contribution in [0.5, 0.6) is 0 Å². The fraction of sp³-hybridized carbons (Fsp3) is 0.571. The van der Waals surface area contributed by atoms with Gasteiger partial charge in [0.25, 0.3) is 0 Å². The first kappa shape index (κ1) is 9.41. The molecule has 2 unspecified atom stereocenters. The average Bonchev–Trinajstić information content (AvgIpc) is 2.28. The molecule has 0 radical (unpaired) electrons. The molecule has 1 aromatic rings. The van der Waals surface area contributed by atoms with E-state index in [2.05, 4.69) is 30.4 Å². The molecule has 0 spiro atoms. The van der Waals surface area contributed by atoms with Gasteiger partial charge in [0.15, 0.2) is 0 Å². The molecule has 0 aromatic heterocycles. The standard InChI is InChI=1S/C14H19N/c1-10-4-7-13-12(9-10)6-5-11-3-2-8-15-14(11)13/h4,7,9,11,14-15H,2-3,5-6,8H2,1H3. The summed E-state index contributed by atoms with van der Waals surface area (Å²) in [6.45, 7) is 3.40. The van der Waals surface area contributed by atoms with Crippen molar-refractivity contribution < 1.29 is 0 Å². The van der Waals surface area contributed by atoms with Gasteiger partial charge < -0.3 is 5.32 Å². The van der Waals surface area contributed by atoms with Gasteiger partial charge in [-0.1, -0.05) is 23.8 Å². The number of aryl methyl sites for hydroxylation is 2. The molecule has 1 fully saturated rings. The maximum absolute atomic E-state index is 3.70. The maximum Gasteiger partial charge on any atom is 0.0351 e. The highest BCUT2D eigenvalue weighted by Crippen LogP contribution is 2.39. The van der Waals surface area contributed by atoms with Crippen LogP contribution in [0.1, 0.15) is 42.0 Å². The lowest BCUT2D eigenvalue weighted by Gasteiger charge is -2.38. The van der Waals surface area contributed by atoms with E-state index in [1.807, 2.05) is 0 Å². The topological polar surface area (TPSA) is 12.0 Å². The molecule has 1 N–H and O–H groups in total. The van der Waals surface area contributed by atoms with Gasteiger partial charge in [0.2, 0.25) is 0 Å². The average molecular weight is 201 g/mol. The van der Waals surface area contributed by atoms with Crippen molar-refractivity contribution in [2.45, 2.75) is 38.6 Å². The Bertz CT molecular complexity index is 370. The molecule has 0 bridgehead atoms. The number of benzene rings is 1. The molecule has 1 heterocycles. The number of nitrogens with one attached hydrogen (secondary N) is 1. The molecule has 0 amide bonds. The van der Waals surface area contributed by atoms with Gasteiger partial charge in [-0.05, 0) is 56.2 Å². The monoisotopic (exact) mass is 201 g/mol. The number of hydrogen-bond donors (Lipinski definition) is 1. The van der Waals surface area contributed by atoms with E-state index in [0.717, 1.165) is 5.92 Å². The molecule has 2 atom stereocenters. The van der Waals surface area contributed by atoms with Crippen LogP contribution in [0.3, 0.4) is 0 Å². The van der Waals surface area contributed by atoms with E-state index in [-0.39, 0.29) is 0 Å². The lowest BCUT2D eigenvalue weighted by molar-refractivity contribution is 0.255. The van der Waals surface area contributed by atoms with Gasteiger partial charge in [-0.25, -0.2) is 0 Å². The Morgan fingerprint density at radius 2 is 2.20 bits per heavy atom. The summed E-state index contributed by atoms with van der Waals surface area (Å²) >= 11 is 0. The number of rotatable bonds is 0. The molecule has 1 aliphatic carbocycles. The van der Waals surface area contributed by atoms with E-state index in [1.54, 1.807) is 11.1 Å². The molecular formula is C14H19N. The molecule has 80 valence electrons. The van der Waals surface area contributed by atoms with Crippen LogP contribution >= 0.6 is 0 Å². The number of hydrogen-bond acceptors (Lipinski definition) is 1. The summed E-state index contributed by atoms with van der Waals surface area (Å²) in [7, 11) is 0. The third-order valence-corrected chi connectivity index (χ3v) is 4.01. The number of fused-ring (bicyclic) bond motifs is 3. The second kappa shape index (κ2) is 3.64. The van der Waals surface area contributed by atoms with E-state index in [1.165, 1.54) is 37.8 Å². The fourth-order valence-corrected chi connectivity index (χ4v) is 3.23. The van der Waals surface area contributed by atoms with Gasteiger partial charge in [-0.3, -0.25) is 0 Å². The Balaban J connectivity index is 1.99. The highest BCUT2D eigenvalue weighted by molar-refractivity contribution is 5.36. The normalized spacial score (nSPS) is 29.4. The van der Waals surface area contributed by atoms with Crippen molar-refractivity contribution in [2.24, 2.45) is 5.92 Å². The highest BCUT2D eigenvalue weighted by Gasteiger charge is 2.30. The van der Waals surface area contributed by atoms with Gasteiger partial charge in [0.05, 0.1) is 0 Å². The molecule has 1 saturated heterocycles. The van der Waals surface area contributed by atoms with Crippen LogP contribution in [-0.4, -0.2) is 6.54 Å². The molecule has 2 aliphatic rings. The van der Waals surface area contributed by atoms with Crippen LogP contribution in [0.2, 0.25) is 0 Å². The van der Waals surface area contributed by atoms with E-state index in [4.69, 9.17) is 0 Å². The minimum absolute atomic E-state index is 0.656. The van der Waals surface area contributed by atoms with Crippen molar-refractivity contribution in [1.82, 2.24) is 5.32 Å². The van der Waals surface area contributed by atoms with Crippen molar-refractivity contribution in [3.05, 3.63) is 34.9 Å². The summed E-state index contributed by atoms with van der Waals surface area (Å²) in [5.41, 5.74) is 4.57. The zero-order chi connectivity index (χ0) is 10.3. The van der Waals surface area contributed by atoms with Crippen molar-refractivity contribution in [3.63, 3.8) is 0 Å². The van der Waals surface area contributed by atoms with Crippen LogP contribution in [0.15, 0.2) is 18.2 Å². The van der Waals surface area contributed by atoms with Crippen LogP contribution in [0, 0.1) is 12.8 Å². The zero-order valence-electron chi connectivity index (χ0n) is 9.42. The first-order valence-electron chi connectivity index (χ1n) is 6.17. The summed E-state index contributed by atoms with van der Waals surface area (Å²) in [6, 6.07) is 7.64. The summed E-state index contributed by atoms with van der Waals surface area (Å²) in [5, 5.41) is 3.70. The quantitative estimate of drug-likeness (QED) is 0.680. The van der Waals surface area contributed by atoms with Crippen LogP contribution < -0.4 is 5.32 Å².